The topological polar surface area (TPSA) is 72.3 Å². The van der Waals surface area contributed by atoms with Crippen molar-refractivity contribution in [1.29, 1.82) is 0 Å². The molecule has 1 aromatic carbocycles. The van der Waals surface area contributed by atoms with E-state index in [1.54, 1.807) is 13.4 Å². The summed E-state index contributed by atoms with van der Waals surface area (Å²) in [5, 5.41) is 11.2. The number of carbonyl (C=O) groups excluding carboxylic acids is 1. The molecule has 2 aromatic rings. The van der Waals surface area contributed by atoms with Crippen molar-refractivity contribution in [2.45, 2.75) is 32.2 Å². The summed E-state index contributed by atoms with van der Waals surface area (Å²) in [6.45, 7) is 4.35. The molecule has 1 saturated heterocycles. The van der Waals surface area contributed by atoms with Crippen LogP contribution in [0.5, 0.6) is 5.75 Å². The van der Waals surface area contributed by atoms with Gasteiger partial charge in [-0.05, 0) is 44.0 Å². The molecule has 0 bridgehead atoms. The van der Waals surface area contributed by atoms with Crippen molar-refractivity contribution < 1.29 is 9.53 Å². The van der Waals surface area contributed by atoms with Crippen LogP contribution in [0.4, 0.5) is 10.5 Å². The third-order valence-electron chi connectivity index (χ3n) is 4.40. The lowest BCUT2D eigenvalue weighted by atomic mass is 9.97. The Balaban J connectivity index is 1.64. The van der Waals surface area contributed by atoms with Crippen LogP contribution in [0.25, 0.3) is 0 Å². The van der Waals surface area contributed by atoms with E-state index in [4.69, 9.17) is 4.74 Å². The summed E-state index contributed by atoms with van der Waals surface area (Å²) in [7, 11) is 1.62. The zero-order valence-corrected chi connectivity index (χ0v) is 14.1. The summed E-state index contributed by atoms with van der Waals surface area (Å²) < 4.78 is 7.18. The van der Waals surface area contributed by atoms with Gasteiger partial charge in [0.2, 0.25) is 0 Å². The number of piperidine rings is 1. The molecule has 128 valence electrons. The third-order valence-corrected chi connectivity index (χ3v) is 4.40. The summed E-state index contributed by atoms with van der Waals surface area (Å²) in [6.07, 6.45) is 3.76. The highest BCUT2D eigenvalue weighted by Gasteiger charge is 2.27. The molecular weight excluding hydrogens is 306 g/mol. The molecule has 7 heteroatoms. The molecule has 1 atom stereocenters. The maximum atomic E-state index is 12.5. The molecule has 1 fully saturated rings. The molecule has 2 amide bonds. The minimum atomic E-state index is -0.0765. The monoisotopic (exact) mass is 329 g/mol. The number of ether oxygens (including phenoxy) is 1. The van der Waals surface area contributed by atoms with Crippen molar-refractivity contribution in [2.24, 2.45) is 0 Å². The van der Waals surface area contributed by atoms with Gasteiger partial charge < -0.3 is 19.5 Å². The Morgan fingerprint density at radius 3 is 2.88 bits per heavy atom. The molecule has 7 nitrogen and oxygen atoms in total. The van der Waals surface area contributed by atoms with Crippen molar-refractivity contribution in [1.82, 2.24) is 19.7 Å². The first-order valence-electron chi connectivity index (χ1n) is 8.29. The van der Waals surface area contributed by atoms with Gasteiger partial charge in [-0.2, -0.15) is 0 Å². The lowest BCUT2D eigenvalue weighted by Gasteiger charge is -2.32. The molecule has 2 heterocycles. The van der Waals surface area contributed by atoms with Crippen molar-refractivity contribution in [3.63, 3.8) is 0 Å². The summed E-state index contributed by atoms with van der Waals surface area (Å²) in [5.41, 5.74) is 0.764. The van der Waals surface area contributed by atoms with Gasteiger partial charge >= 0.3 is 6.03 Å². The number of aromatic nitrogens is 3. The Hall–Kier alpha value is -2.57. The van der Waals surface area contributed by atoms with Gasteiger partial charge in [-0.1, -0.05) is 0 Å². The third kappa shape index (κ3) is 3.50. The first-order chi connectivity index (χ1) is 11.7. The van der Waals surface area contributed by atoms with E-state index in [0.29, 0.717) is 6.54 Å². The van der Waals surface area contributed by atoms with Crippen LogP contribution in [-0.4, -0.2) is 45.9 Å². The number of rotatable bonds is 4. The number of benzene rings is 1. The fourth-order valence-electron chi connectivity index (χ4n) is 3.07. The number of urea groups is 1. The van der Waals surface area contributed by atoms with Gasteiger partial charge in [0.15, 0.2) is 0 Å². The van der Waals surface area contributed by atoms with Gasteiger partial charge in [0.05, 0.1) is 7.11 Å². The van der Waals surface area contributed by atoms with Crippen LogP contribution in [0.15, 0.2) is 30.6 Å². The Labute approximate surface area is 141 Å². The minimum Gasteiger partial charge on any atom is -0.497 e. The molecule has 3 rings (SSSR count). The Bertz CT molecular complexity index is 683. The zero-order chi connectivity index (χ0) is 16.9. The summed E-state index contributed by atoms with van der Waals surface area (Å²) in [4.78, 5) is 14.4. The van der Waals surface area contributed by atoms with E-state index < -0.39 is 0 Å². The standard InChI is InChI=1S/C17H23N5O2/c1-3-21-12-18-20-16(21)13-5-4-10-22(11-13)17(23)19-14-6-8-15(24-2)9-7-14/h6-9,12-13H,3-5,10-11H2,1-2H3,(H,19,23)/t13-/m1/s1. The second kappa shape index (κ2) is 7.33. The fourth-order valence-corrected chi connectivity index (χ4v) is 3.07. The molecular formula is C17H23N5O2. The Kier molecular flexibility index (Phi) is 4.98. The molecule has 24 heavy (non-hydrogen) atoms. The van der Waals surface area contributed by atoms with Crippen LogP contribution in [-0.2, 0) is 6.54 Å². The first kappa shape index (κ1) is 16.3. The average molecular weight is 329 g/mol. The van der Waals surface area contributed by atoms with Crippen LogP contribution < -0.4 is 10.1 Å². The van der Waals surface area contributed by atoms with Crippen molar-refractivity contribution in [3.8, 4) is 5.75 Å². The number of anilines is 1. The number of nitrogens with one attached hydrogen (secondary N) is 1. The fraction of sp³-hybridized carbons (Fsp3) is 0.471. The van der Waals surface area contributed by atoms with Crippen LogP contribution >= 0.6 is 0 Å². The van der Waals surface area contributed by atoms with Gasteiger partial charge in [-0.3, -0.25) is 0 Å². The number of hydrogen-bond acceptors (Lipinski definition) is 4. The van der Waals surface area contributed by atoms with E-state index in [2.05, 4.69) is 27.0 Å². The zero-order valence-electron chi connectivity index (χ0n) is 14.1. The number of aryl methyl sites for hydroxylation is 1. The van der Waals surface area contributed by atoms with Gasteiger partial charge in [-0.15, -0.1) is 10.2 Å². The molecule has 1 aliphatic heterocycles. The second-order valence-electron chi connectivity index (χ2n) is 5.92. The van der Waals surface area contributed by atoms with E-state index >= 15 is 0 Å². The lowest BCUT2D eigenvalue weighted by Crippen LogP contribution is -2.42. The minimum absolute atomic E-state index is 0.0765. The van der Waals surface area contributed by atoms with Gasteiger partial charge in [0.25, 0.3) is 0 Å². The van der Waals surface area contributed by atoms with Crippen molar-refractivity contribution in [2.75, 3.05) is 25.5 Å². The predicted molar refractivity (Wildman–Crippen MR) is 91.3 cm³/mol. The van der Waals surface area contributed by atoms with E-state index in [1.165, 1.54) is 0 Å². The van der Waals surface area contributed by atoms with Crippen molar-refractivity contribution >= 4 is 11.7 Å². The largest absolute Gasteiger partial charge is 0.497 e. The molecule has 1 aliphatic rings. The number of amides is 2. The number of carbonyl (C=O) groups is 1. The normalized spacial score (nSPS) is 17.6. The summed E-state index contributed by atoms with van der Waals surface area (Å²) >= 11 is 0. The maximum absolute atomic E-state index is 12.5. The van der Waals surface area contributed by atoms with Gasteiger partial charge in [0.1, 0.15) is 17.9 Å². The second-order valence-corrected chi connectivity index (χ2v) is 5.92. The smallest absolute Gasteiger partial charge is 0.321 e. The molecule has 1 aromatic heterocycles. The molecule has 0 spiro atoms. The van der Waals surface area contributed by atoms with Crippen LogP contribution in [0.2, 0.25) is 0 Å². The van der Waals surface area contributed by atoms with Crippen LogP contribution in [0.1, 0.15) is 31.5 Å². The SMILES string of the molecule is CCn1cnnc1[C@@H]1CCCN(C(=O)Nc2ccc(OC)cc2)C1. The van der Waals surface area contributed by atoms with Crippen molar-refractivity contribution in [3.05, 3.63) is 36.4 Å². The molecule has 0 saturated carbocycles. The summed E-state index contributed by atoms with van der Waals surface area (Å²) in [6, 6.07) is 7.27. The van der Waals surface area contributed by atoms with Crippen LogP contribution in [0.3, 0.4) is 0 Å². The highest BCUT2D eigenvalue weighted by atomic mass is 16.5. The maximum Gasteiger partial charge on any atom is 0.321 e. The average Bonchev–Trinajstić information content (AvgIpc) is 3.11. The highest BCUT2D eigenvalue weighted by molar-refractivity contribution is 5.89. The number of likely N-dealkylation sites (tertiary alicyclic amines) is 1. The number of methoxy groups -OCH3 is 1. The van der Waals surface area contributed by atoms with Crippen LogP contribution in [0, 0.1) is 0 Å². The van der Waals surface area contributed by atoms with E-state index in [1.807, 2.05) is 29.2 Å². The lowest BCUT2D eigenvalue weighted by molar-refractivity contribution is 0.190. The quantitative estimate of drug-likeness (QED) is 0.936. The van der Waals surface area contributed by atoms with Gasteiger partial charge in [0, 0.05) is 31.2 Å². The Morgan fingerprint density at radius 2 is 2.17 bits per heavy atom. The molecule has 0 radical (unpaired) electrons. The summed E-state index contributed by atoms with van der Waals surface area (Å²) in [5.74, 6) is 1.98. The first-order valence-corrected chi connectivity index (χ1v) is 8.29. The number of hydrogen-bond donors (Lipinski definition) is 1. The molecule has 0 unspecified atom stereocenters. The molecule has 0 aliphatic carbocycles. The van der Waals surface area contributed by atoms with E-state index in [9.17, 15) is 4.79 Å². The van der Waals surface area contributed by atoms with E-state index in [-0.39, 0.29) is 11.9 Å². The predicted octanol–water partition coefficient (Wildman–Crippen LogP) is 2.72. The van der Waals surface area contributed by atoms with Gasteiger partial charge in [-0.25, -0.2) is 4.79 Å². The Morgan fingerprint density at radius 1 is 1.38 bits per heavy atom. The van der Waals surface area contributed by atoms with E-state index in [0.717, 1.165) is 43.2 Å². The highest BCUT2D eigenvalue weighted by Crippen LogP contribution is 2.26. The number of nitrogens with zero attached hydrogens (tertiary/aromatic N) is 4. The molecule has 1 N–H and O–H groups in total.